The Balaban J connectivity index is 3.54. The van der Waals surface area contributed by atoms with Crippen LogP contribution in [0.4, 0.5) is 0 Å². The molecule has 0 unspecified atom stereocenters. The second kappa shape index (κ2) is 4.38. The normalized spacial score (nSPS) is 11.6. The summed E-state index contributed by atoms with van der Waals surface area (Å²) in [5, 5.41) is 9.39. The van der Waals surface area contributed by atoms with Crippen molar-refractivity contribution in [1.29, 1.82) is 0 Å². The number of hydrogen-bond donors (Lipinski definition) is 1. The summed E-state index contributed by atoms with van der Waals surface area (Å²) < 4.78 is 0. The smallest absolute Gasteiger partial charge is 0.0718 e. The molecule has 0 radical (unpaired) electrons. The van der Waals surface area contributed by atoms with Gasteiger partial charge in [-0.2, -0.15) is 0 Å². The van der Waals surface area contributed by atoms with Gasteiger partial charge in [0, 0.05) is 19.5 Å². The fraction of sp³-hybridized carbons (Fsp3) is 0.778. The molecule has 0 bridgehead atoms. The van der Waals surface area contributed by atoms with Crippen molar-refractivity contribution in [2.45, 2.75) is 25.9 Å². The van der Waals surface area contributed by atoms with E-state index in [4.69, 9.17) is 6.42 Å². The van der Waals surface area contributed by atoms with Crippen LogP contribution in [0.2, 0.25) is 0 Å². The molecule has 0 aromatic heterocycles. The van der Waals surface area contributed by atoms with Gasteiger partial charge >= 0.3 is 0 Å². The molecule has 0 rings (SSSR count). The van der Waals surface area contributed by atoms with Crippen molar-refractivity contribution in [3.05, 3.63) is 0 Å². The molecule has 0 aromatic rings. The number of rotatable bonds is 4. The van der Waals surface area contributed by atoms with E-state index in [2.05, 4.69) is 5.92 Å². The lowest BCUT2D eigenvalue weighted by molar-refractivity contribution is 0.0453. The lowest BCUT2D eigenvalue weighted by Crippen LogP contribution is -2.36. The second-order valence-electron chi connectivity index (χ2n) is 3.50. The molecule has 0 aliphatic heterocycles. The van der Waals surface area contributed by atoms with E-state index in [0.717, 1.165) is 13.0 Å². The Hall–Kier alpha value is -0.520. The molecule has 0 fully saturated rings. The number of terminal acetylenes is 1. The van der Waals surface area contributed by atoms with Crippen molar-refractivity contribution in [2.24, 2.45) is 0 Å². The maximum Gasteiger partial charge on any atom is 0.0718 e. The van der Waals surface area contributed by atoms with Gasteiger partial charge in [0.05, 0.1) is 5.60 Å². The SMILES string of the molecule is C#CCCN(C)CC(C)(C)O. The van der Waals surface area contributed by atoms with E-state index in [1.165, 1.54) is 0 Å². The van der Waals surface area contributed by atoms with Crippen LogP contribution >= 0.6 is 0 Å². The molecule has 0 atom stereocenters. The number of nitrogens with zero attached hydrogens (tertiary/aromatic N) is 1. The third-order valence-electron chi connectivity index (χ3n) is 1.29. The molecule has 2 heteroatoms. The van der Waals surface area contributed by atoms with Crippen LogP contribution in [0.3, 0.4) is 0 Å². The molecule has 0 saturated carbocycles. The van der Waals surface area contributed by atoms with Gasteiger partial charge in [-0.1, -0.05) is 0 Å². The summed E-state index contributed by atoms with van der Waals surface area (Å²) in [5.74, 6) is 2.56. The van der Waals surface area contributed by atoms with Crippen molar-refractivity contribution in [1.82, 2.24) is 4.90 Å². The predicted octanol–water partition coefficient (Wildman–Crippen LogP) is 0.712. The summed E-state index contributed by atoms with van der Waals surface area (Å²) in [6.45, 7) is 5.09. The first-order valence-corrected chi connectivity index (χ1v) is 3.80. The predicted molar refractivity (Wildman–Crippen MR) is 47.2 cm³/mol. The molecule has 1 N–H and O–H groups in total. The molecule has 64 valence electrons. The van der Waals surface area contributed by atoms with Gasteiger partial charge in [-0.25, -0.2) is 0 Å². The summed E-state index contributed by atoms with van der Waals surface area (Å²) in [5.41, 5.74) is -0.622. The first-order valence-electron chi connectivity index (χ1n) is 3.80. The zero-order chi connectivity index (χ0) is 8.91. The Labute approximate surface area is 69.2 Å². The summed E-state index contributed by atoms with van der Waals surface area (Å²) in [7, 11) is 1.95. The fourth-order valence-electron chi connectivity index (χ4n) is 0.995. The van der Waals surface area contributed by atoms with Crippen molar-refractivity contribution in [2.75, 3.05) is 20.1 Å². The fourth-order valence-corrected chi connectivity index (χ4v) is 0.995. The molecule has 0 aliphatic rings. The molecular weight excluding hydrogens is 138 g/mol. The Morgan fingerprint density at radius 2 is 2.09 bits per heavy atom. The van der Waals surface area contributed by atoms with Crippen LogP contribution in [0.1, 0.15) is 20.3 Å². The zero-order valence-electron chi connectivity index (χ0n) is 7.59. The summed E-state index contributed by atoms with van der Waals surface area (Å²) >= 11 is 0. The Morgan fingerprint density at radius 1 is 1.55 bits per heavy atom. The number of hydrogen-bond acceptors (Lipinski definition) is 2. The van der Waals surface area contributed by atoms with Gasteiger partial charge in [0.2, 0.25) is 0 Å². The van der Waals surface area contributed by atoms with Crippen molar-refractivity contribution in [3.63, 3.8) is 0 Å². The van der Waals surface area contributed by atoms with Crippen molar-refractivity contribution >= 4 is 0 Å². The quantitative estimate of drug-likeness (QED) is 0.604. The first kappa shape index (κ1) is 10.5. The maximum atomic E-state index is 9.39. The van der Waals surface area contributed by atoms with Gasteiger partial charge in [-0.05, 0) is 20.9 Å². The van der Waals surface area contributed by atoms with Crippen LogP contribution in [-0.4, -0.2) is 35.7 Å². The van der Waals surface area contributed by atoms with E-state index < -0.39 is 5.60 Å². The van der Waals surface area contributed by atoms with Gasteiger partial charge in [-0.15, -0.1) is 12.3 Å². The van der Waals surface area contributed by atoms with Crippen LogP contribution in [0, 0.1) is 12.3 Å². The van der Waals surface area contributed by atoms with Crippen LogP contribution in [0.15, 0.2) is 0 Å². The molecule has 0 saturated heterocycles. The zero-order valence-corrected chi connectivity index (χ0v) is 7.59. The molecule has 2 nitrogen and oxygen atoms in total. The monoisotopic (exact) mass is 155 g/mol. The van der Waals surface area contributed by atoms with E-state index in [9.17, 15) is 5.11 Å². The van der Waals surface area contributed by atoms with E-state index >= 15 is 0 Å². The molecule has 0 amide bonds. The lowest BCUT2D eigenvalue weighted by atomic mass is 10.1. The lowest BCUT2D eigenvalue weighted by Gasteiger charge is -2.24. The highest BCUT2D eigenvalue weighted by atomic mass is 16.3. The molecular formula is C9H17NO. The highest BCUT2D eigenvalue weighted by Gasteiger charge is 2.14. The van der Waals surface area contributed by atoms with Crippen molar-refractivity contribution < 1.29 is 5.11 Å². The first-order chi connectivity index (χ1) is 4.95. The summed E-state index contributed by atoms with van der Waals surface area (Å²) in [6, 6.07) is 0. The Kier molecular flexibility index (Phi) is 4.17. The van der Waals surface area contributed by atoms with Crippen molar-refractivity contribution in [3.8, 4) is 12.3 Å². The Bertz CT molecular complexity index is 141. The van der Waals surface area contributed by atoms with Crippen LogP contribution in [0.5, 0.6) is 0 Å². The minimum absolute atomic E-state index is 0.622. The summed E-state index contributed by atoms with van der Waals surface area (Å²) in [4.78, 5) is 2.03. The standard InChI is InChI=1S/C9H17NO/c1-5-6-7-10(4)8-9(2,3)11/h1,11H,6-8H2,2-4H3. The van der Waals surface area contributed by atoms with E-state index in [0.29, 0.717) is 6.54 Å². The van der Waals surface area contributed by atoms with E-state index in [-0.39, 0.29) is 0 Å². The second-order valence-corrected chi connectivity index (χ2v) is 3.50. The molecule has 0 spiro atoms. The van der Waals surface area contributed by atoms with Gasteiger partial charge in [-0.3, -0.25) is 0 Å². The minimum Gasteiger partial charge on any atom is -0.389 e. The van der Waals surface area contributed by atoms with E-state index in [1.54, 1.807) is 13.8 Å². The molecule has 11 heavy (non-hydrogen) atoms. The van der Waals surface area contributed by atoms with Crippen LogP contribution in [0.25, 0.3) is 0 Å². The van der Waals surface area contributed by atoms with Gasteiger partial charge < -0.3 is 10.0 Å². The minimum atomic E-state index is -0.622. The largest absolute Gasteiger partial charge is 0.389 e. The summed E-state index contributed by atoms with van der Waals surface area (Å²) in [6.07, 6.45) is 5.84. The highest BCUT2D eigenvalue weighted by Crippen LogP contribution is 2.02. The third kappa shape index (κ3) is 7.38. The molecule has 0 aromatic carbocycles. The maximum absolute atomic E-state index is 9.39. The van der Waals surface area contributed by atoms with Crippen LogP contribution in [-0.2, 0) is 0 Å². The topological polar surface area (TPSA) is 23.5 Å². The highest BCUT2D eigenvalue weighted by molar-refractivity contribution is 4.85. The average molecular weight is 155 g/mol. The number of likely N-dealkylation sites (N-methyl/N-ethyl adjacent to an activating group) is 1. The third-order valence-corrected chi connectivity index (χ3v) is 1.29. The average Bonchev–Trinajstić information content (AvgIpc) is 1.79. The van der Waals surface area contributed by atoms with Gasteiger partial charge in [0.15, 0.2) is 0 Å². The molecule has 0 aliphatic carbocycles. The van der Waals surface area contributed by atoms with Gasteiger partial charge in [0.1, 0.15) is 0 Å². The number of aliphatic hydroxyl groups is 1. The van der Waals surface area contributed by atoms with E-state index in [1.807, 2.05) is 11.9 Å². The van der Waals surface area contributed by atoms with Gasteiger partial charge in [0.25, 0.3) is 0 Å². The van der Waals surface area contributed by atoms with Crippen LogP contribution < -0.4 is 0 Å². The Morgan fingerprint density at radius 3 is 2.45 bits per heavy atom. The molecule has 0 heterocycles.